The first kappa shape index (κ1) is 16.8. The van der Waals surface area contributed by atoms with Crippen LogP contribution >= 0.6 is 0 Å². The van der Waals surface area contributed by atoms with Gasteiger partial charge in [-0.05, 0) is 33.6 Å². The molecule has 6 heteroatoms. The molecule has 0 heterocycles. The summed E-state index contributed by atoms with van der Waals surface area (Å²) in [7, 11) is 1.23. The molecule has 1 fully saturated rings. The van der Waals surface area contributed by atoms with E-state index < -0.39 is 29.3 Å². The van der Waals surface area contributed by atoms with Crippen molar-refractivity contribution in [3.63, 3.8) is 0 Å². The molecule has 0 aromatic rings. The number of hydrogen-bond acceptors (Lipinski definition) is 5. The van der Waals surface area contributed by atoms with Gasteiger partial charge < -0.3 is 19.9 Å². The van der Waals surface area contributed by atoms with Crippen LogP contribution in [0.4, 0.5) is 4.79 Å². The Bertz CT molecular complexity index is 355. The molecule has 0 aromatic heterocycles. The van der Waals surface area contributed by atoms with Gasteiger partial charge in [0.15, 0.2) is 6.04 Å². The van der Waals surface area contributed by atoms with Gasteiger partial charge in [-0.15, -0.1) is 0 Å². The number of ether oxygens (including phenoxy) is 2. The number of esters is 1. The van der Waals surface area contributed by atoms with Crippen molar-refractivity contribution < 1.29 is 24.2 Å². The third-order valence-corrected chi connectivity index (χ3v) is 3.35. The Hall–Kier alpha value is -1.30. The van der Waals surface area contributed by atoms with Crippen molar-refractivity contribution in [1.29, 1.82) is 0 Å². The second kappa shape index (κ2) is 6.43. The van der Waals surface area contributed by atoms with Gasteiger partial charge in [0.05, 0.1) is 12.7 Å². The zero-order valence-electron chi connectivity index (χ0n) is 12.7. The van der Waals surface area contributed by atoms with Gasteiger partial charge in [-0.3, -0.25) is 0 Å². The molecule has 6 nitrogen and oxygen atoms in total. The lowest BCUT2D eigenvalue weighted by molar-refractivity contribution is -0.152. The fourth-order valence-electron chi connectivity index (χ4n) is 2.41. The Morgan fingerprint density at radius 3 is 2.20 bits per heavy atom. The van der Waals surface area contributed by atoms with Crippen LogP contribution in [-0.2, 0) is 14.3 Å². The van der Waals surface area contributed by atoms with E-state index in [1.165, 1.54) is 7.11 Å². The molecule has 1 atom stereocenters. The van der Waals surface area contributed by atoms with E-state index in [0.29, 0.717) is 12.8 Å². The lowest BCUT2D eigenvalue weighted by atomic mass is 9.79. The number of amides is 1. The van der Waals surface area contributed by atoms with Crippen molar-refractivity contribution in [3.05, 3.63) is 0 Å². The van der Waals surface area contributed by atoms with Crippen LogP contribution in [0.15, 0.2) is 0 Å². The maximum Gasteiger partial charge on any atom is 0.408 e. The van der Waals surface area contributed by atoms with Gasteiger partial charge in [0.2, 0.25) is 0 Å². The number of aliphatic hydroxyl groups is 1. The number of carbonyl (C=O) groups excluding carboxylic acids is 2. The SMILES string of the molecule is COC(=O)C(NC(=O)OC(C)(C)C)C1(O)CCCCC1. The fraction of sp³-hybridized carbons (Fsp3) is 0.857. The molecular formula is C14H25NO5. The predicted molar refractivity (Wildman–Crippen MR) is 73.2 cm³/mol. The third kappa shape index (κ3) is 4.67. The van der Waals surface area contributed by atoms with Gasteiger partial charge in [-0.2, -0.15) is 0 Å². The zero-order valence-corrected chi connectivity index (χ0v) is 12.7. The first-order valence-corrected chi connectivity index (χ1v) is 6.98. The van der Waals surface area contributed by atoms with E-state index in [-0.39, 0.29) is 0 Å². The summed E-state index contributed by atoms with van der Waals surface area (Å²) in [6.07, 6.45) is 2.85. The second-order valence-corrected chi connectivity index (χ2v) is 6.27. The van der Waals surface area contributed by atoms with Crippen LogP contribution in [0.1, 0.15) is 52.9 Å². The Morgan fingerprint density at radius 2 is 1.75 bits per heavy atom. The van der Waals surface area contributed by atoms with Crippen LogP contribution in [0.3, 0.4) is 0 Å². The monoisotopic (exact) mass is 287 g/mol. The lowest BCUT2D eigenvalue weighted by Gasteiger charge is -2.37. The summed E-state index contributed by atoms with van der Waals surface area (Å²) in [6, 6.07) is -1.09. The Balaban J connectivity index is 2.79. The summed E-state index contributed by atoms with van der Waals surface area (Å²) in [4.78, 5) is 23.7. The Morgan fingerprint density at radius 1 is 1.20 bits per heavy atom. The summed E-state index contributed by atoms with van der Waals surface area (Å²) in [5.41, 5.74) is -1.93. The lowest BCUT2D eigenvalue weighted by Crippen LogP contribution is -2.58. The molecule has 0 bridgehead atoms. The summed E-state index contributed by atoms with van der Waals surface area (Å²) in [5.74, 6) is -0.653. The van der Waals surface area contributed by atoms with Crippen molar-refractivity contribution in [1.82, 2.24) is 5.32 Å². The van der Waals surface area contributed by atoms with Gasteiger partial charge in [0, 0.05) is 0 Å². The Kier molecular flexibility index (Phi) is 5.39. The largest absolute Gasteiger partial charge is 0.467 e. The molecule has 0 aromatic carbocycles. The molecule has 2 N–H and O–H groups in total. The average molecular weight is 287 g/mol. The summed E-state index contributed by atoms with van der Waals surface area (Å²) >= 11 is 0. The first-order chi connectivity index (χ1) is 9.18. The fourth-order valence-corrected chi connectivity index (χ4v) is 2.41. The molecule has 0 radical (unpaired) electrons. The van der Waals surface area contributed by atoms with Gasteiger partial charge in [0.1, 0.15) is 5.60 Å². The average Bonchev–Trinajstić information content (AvgIpc) is 2.33. The molecule has 0 saturated heterocycles. The van der Waals surface area contributed by atoms with E-state index in [0.717, 1.165) is 19.3 Å². The summed E-state index contributed by atoms with van der Waals surface area (Å²) in [6.45, 7) is 5.19. The minimum atomic E-state index is -1.26. The molecule has 0 spiro atoms. The van der Waals surface area contributed by atoms with Gasteiger partial charge in [-0.1, -0.05) is 19.3 Å². The number of nitrogens with one attached hydrogen (secondary N) is 1. The van der Waals surface area contributed by atoms with E-state index in [4.69, 9.17) is 9.47 Å². The van der Waals surface area contributed by atoms with Crippen molar-refractivity contribution >= 4 is 12.1 Å². The van der Waals surface area contributed by atoms with Crippen molar-refractivity contribution in [2.24, 2.45) is 0 Å². The van der Waals surface area contributed by atoms with Gasteiger partial charge >= 0.3 is 12.1 Å². The number of carbonyl (C=O) groups is 2. The minimum Gasteiger partial charge on any atom is -0.467 e. The summed E-state index contributed by atoms with van der Waals surface area (Å²) < 4.78 is 9.82. The summed E-state index contributed by atoms with van der Waals surface area (Å²) in [5, 5.41) is 13.1. The highest BCUT2D eigenvalue weighted by molar-refractivity contribution is 5.82. The van der Waals surface area contributed by atoms with E-state index >= 15 is 0 Å². The molecule has 0 aliphatic heterocycles. The maximum absolute atomic E-state index is 11.9. The third-order valence-electron chi connectivity index (χ3n) is 3.35. The van der Waals surface area contributed by atoms with Crippen molar-refractivity contribution in [2.75, 3.05) is 7.11 Å². The molecular weight excluding hydrogens is 262 g/mol. The van der Waals surface area contributed by atoms with E-state index in [9.17, 15) is 14.7 Å². The van der Waals surface area contributed by atoms with Gasteiger partial charge in [-0.25, -0.2) is 9.59 Å². The van der Waals surface area contributed by atoms with Crippen LogP contribution in [0.25, 0.3) is 0 Å². The normalized spacial score (nSPS) is 19.9. The Labute approximate surface area is 119 Å². The molecule has 1 unspecified atom stereocenters. The molecule has 1 aliphatic rings. The second-order valence-electron chi connectivity index (χ2n) is 6.27. The predicted octanol–water partition coefficient (Wildman–Crippen LogP) is 1.75. The number of methoxy groups -OCH3 is 1. The molecule has 20 heavy (non-hydrogen) atoms. The van der Waals surface area contributed by atoms with Crippen LogP contribution in [-0.4, -0.2) is 41.5 Å². The van der Waals surface area contributed by atoms with Crippen LogP contribution in [0.5, 0.6) is 0 Å². The highest BCUT2D eigenvalue weighted by Gasteiger charge is 2.44. The maximum atomic E-state index is 11.9. The van der Waals surface area contributed by atoms with E-state index in [1.807, 2.05) is 0 Å². The molecule has 1 saturated carbocycles. The zero-order chi connectivity index (χ0) is 15.4. The molecule has 1 rings (SSSR count). The topological polar surface area (TPSA) is 84.9 Å². The first-order valence-electron chi connectivity index (χ1n) is 6.98. The molecule has 116 valence electrons. The quantitative estimate of drug-likeness (QED) is 0.772. The molecule has 1 amide bonds. The van der Waals surface area contributed by atoms with Gasteiger partial charge in [0.25, 0.3) is 0 Å². The van der Waals surface area contributed by atoms with Crippen LogP contribution in [0.2, 0.25) is 0 Å². The van der Waals surface area contributed by atoms with Crippen molar-refractivity contribution in [3.8, 4) is 0 Å². The van der Waals surface area contributed by atoms with Crippen LogP contribution in [0, 0.1) is 0 Å². The minimum absolute atomic E-state index is 0.461. The number of hydrogen-bond donors (Lipinski definition) is 2. The number of alkyl carbamates (subject to hydrolysis) is 1. The highest BCUT2D eigenvalue weighted by atomic mass is 16.6. The van der Waals surface area contributed by atoms with E-state index in [1.54, 1.807) is 20.8 Å². The number of rotatable bonds is 3. The molecule has 1 aliphatic carbocycles. The van der Waals surface area contributed by atoms with Crippen molar-refractivity contribution in [2.45, 2.75) is 70.1 Å². The van der Waals surface area contributed by atoms with E-state index in [2.05, 4.69) is 5.32 Å². The standard InChI is InChI=1S/C14H25NO5/c1-13(2,3)20-12(17)15-10(11(16)19-4)14(18)8-6-5-7-9-14/h10,18H,5-9H2,1-4H3,(H,15,17). The smallest absolute Gasteiger partial charge is 0.408 e. The van der Waals surface area contributed by atoms with Crippen LogP contribution < -0.4 is 5.32 Å². The highest BCUT2D eigenvalue weighted by Crippen LogP contribution is 2.31.